The van der Waals surface area contributed by atoms with Crippen molar-refractivity contribution in [3.8, 4) is 5.75 Å². The Morgan fingerprint density at radius 1 is 1.33 bits per heavy atom. The van der Waals surface area contributed by atoms with Crippen LogP contribution in [0.15, 0.2) is 47.6 Å². The van der Waals surface area contributed by atoms with Gasteiger partial charge >= 0.3 is 5.97 Å². The lowest BCUT2D eigenvalue weighted by atomic mass is 9.68. The number of hydrogen-bond acceptors (Lipinski definition) is 2. The molecule has 0 aliphatic heterocycles. The number of benzene rings is 1. The lowest BCUT2D eigenvalue weighted by Gasteiger charge is -2.37. The summed E-state index contributed by atoms with van der Waals surface area (Å²) in [4.78, 5) is 11.1. The minimum atomic E-state index is -1.05. The van der Waals surface area contributed by atoms with Crippen LogP contribution in [0.5, 0.6) is 5.75 Å². The molecule has 1 aromatic rings. The van der Waals surface area contributed by atoms with E-state index >= 15 is 0 Å². The number of allylic oxidation sites excluding steroid dienone is 5. The van der Waals surface area contributed by atoms with Gasteiger partial charge in [0.05, 0.1) is 5.56 Å². The van der Waals surface area contributed by atoms with Crippen molar-refractivity contribution in [1.82, 2.24) is 0 Å². The molecule has 1 aliphatic carbocycles. The Labute approximate surface area is 144 Å². The fourth-order valence-electron chi connectivity index (χ4n) is 3.70. The lowest BCUT2D eigenvalue weighted by molar-refractivity contribution is 0.0696. The Bertz CT molecular complexity index is 748. The average Bonchev–Trinajstić information content (AvgIpc) is 2.50. The van der Waals surface area contributed by atoms with Gasteiger partial charge in [-0.3, -0.25) is 0 Å². The fourth-order valence-corrected chi connectivity index (χ4v) is 3.70. The highest BCUT2D eigenvalue weighted by atomic mass is 16.4. The summed E-state index contributed by atoms with van der Waals surface area (Å²) in [5.74, 6) is -1.05. The monoisotopic (exact) mass is 326 g/mol. The van der Waals surface area contributed by atoms with Crippen molar-refractivity contribution >= 4 is 11.5 Å². The third-order valence-corrected chi connectivity index (χ3v) is 4.92. The van der Waals surface area contributed by atoms with Crippen LogP contribution >= 0.6 is 0 Å². The summed E-state index contributed by atoms with van der Waals surface area (Å²) >= 11 is 0. The molecule has 0 fully saturated rings. The second-order valence-electron chi connectivity index (χ2n) is 7.19. The molecule has 1 aliphatic rings. The Balaban J connectivity index is 2.73. The van der Waals surface area contributed by atoms with Crippen molar-refractivity contribution in [3.63, 3.8) is 0 Å². The molecule has 0 spiro atoms. The average molecular weight is 326 g/mol. The van der Waals surface area contributed by atoms with Crippen molar-refractivity contribution in [2.75, 3.05) is 0 Å². The first-order valence-electron chi connectivity index (χ1n) is 8.29. The van der Waals surface area contributed by atoms with E-state index < -0.39 is 5.97 Å². The summed E-state index contributed by atoms with van der Waals surface area (Å²) in [5, 5.41) is 19.6. The van der Waals surface area contributed by atoms with Gasteiger partial charge in [0.2, 0.25) is 0 Å². The highest BCUT2D eigenvalue weighted by Gasteiger charge is 2.32. The molecular weight excluding hydrogens is 300 g/mol. The van der Waals surface area contributed by atoms with Gasteiger partial charge in [0, 0.05) is 5.56 Å². The van der Waals surface area contributed by atoms with E-state index in [-0.39, 0.29) is 16.7 Å². The molecule has 1 aromatic carbocycles. The molecule has 128 valence electrons. The van der Waals surface area contributed by atoms with Gasteiger partial charge in [0.1, 0.15) is 5.75 Å². The van der Waals surface area contributed by atoms with Gasteiger partial charge in [-0.15, -0.1) is 0 Å². The molecule has 2 rings (SSSR count). The highest BCUT2D eigenvalue weighted by molar-refractivity contribution is 5.92. The number of aromatic hydroxyl groups is 1. The van der Waals surface area contributed by atoms with Crippen molar-refractivity contribution < 1.29 is 15.0 Å². The van der Waals surface area contributed by atoms with E-state index in [0.717, 1.165) is 30.4 Å². The van der Waals surface area contributed by atoms with Crippen molar-refractivity contribution in [2.24, 2.45) is 5.41 Å². The van der Waals surface area contributed by atoms with Gasteiger partial charge in [0.25, 0.3) is 0 Å². The number of aromatic carboxylic acids is 1. The number of phenols is 1. The first kappa shape index (κ1) is 18.1. The second kappa shape index (κ2) is 6.68. The largest absolute Gasteiger partial charge is 0.507 e. The molecule has 0 unspecified atom stereocenters. The zero-order chi connectivity index (χ0) is 18.1. The molecule has 0 saturated heterocycles. The third kappa shape index (κ3) is 3.30. The maximum atomic E-state index is 11.1. The molecule has 3 nitrogen and oxygen atoms in total. The van der Waals surface area contributed by atoms with E-state index in [1.165, 1.54) is 17.2 Å². The summed E-state index contributed by atoms with van der Waals surface area (Å²) in [6.07, 6.45) is 5.08. The number of rotatable bonds is 4. The molecule has 0 atom stereocenters. The van der Waals surface area contributed by atoms with E-state index in [1.807, 2.05) is 6.92 Å². The third-order valence-electron chi connectivity index (χ3n) is 4.92. The standard InChI is InChI=1S/C21H26O3/c1-6-13(2)18(19-14(3)8-7-11-21(19,4)5)16-10-9-15(20(23)24)12-17(16)22/h6,9-10,12,22H,1,7-8,11H2,2-5H3,(H,23,24)/b18-13-. The molecule has 0 heterocycles. The van der Waals surface area contributed by atoms with E-state index in [1.54, 1.807) is 18.2 Å². The van der Waals surface area contributed by atoms with Gasteiger partial charge in [-0.2, -0.15) is 0 Å². The summed E-state index contributed by atoms with van der Waals surface area (Å²) in [6, 6.07) is 4.56. The number of carbonyl (C=O) groups is 1. The minimum Gasteiger partial charge on any atom is -0.507 e. The summed E-state index contributed by atoms with van der Waals surface area (Å²) in [7, 11) is 0. The molecule has 0 aromatic heterocycles. The van der Waals surface area contributed by atoms with Gasteiger partial charge in [0.15, 0.2) is 0 Å². The fraction of sp³-hybridized carbons (Fsp3) is 0.381. The molecule has 0 amide bonds. The normalized spacial score (nSPS) is 18.2. The minimum absolute atomic E-state index is 0.000153. The second-order valence-corrected chi connectivity index (χ2v) is 7.19. The number of hydrogen-bond donors (Lipinski definition) is 2. The predicted octanol–water partition coefficient (Wildman–Crippen LogP) is 5.58. The number of phenolic OH excluding ortho intramolecular Hbond substituents is 1. The van der Waals surface area contributed by atoms with Gasteiger partial charge in [-0.05, 0) is 73.4 Å². The molecular formula is C21H26O3. The van der Waals surface area contributed by atoms with Crippen LogP contribution in [0.2, 0.25) is 0 Å². The zero-order valence-corrected chi connectivity index (χ0v) is 14.9. The van der Waals surface area contributed by atoms with Gasteiger partial charge in [-0.1, -0.05) is 32.1 Å². The Morgan fingerprint density at radius 3 is 2.50 bits per heavy atom. The lowest BCUT2D eigenvalue weighted by Crippen LogP contribution is -2.22. The Kier molecular flexibility index (Phi) is 5.02. The first-order valence-corrected chi connectivity index (χ1v) is 8.29. The first-order chi connectivity index (χ1) is 11.2. The molecule has 0 radical (unpaired) electrons. The Morgan fingerprint density at radius 2 is 2.00 bits per heavy atom. The summed E-state index contributed by atoms with van der Waals surface area (Å²) in [6.45, 7) is 12.5. The Hall–Kier alpha value is -2.29. The van der Waals surface area contributed by atoms with Crippen LogP contribution < -0.4 is 0 Å². The van der Waals surface area contributed by atoms with Crippen LogP contribution in [0.4, 0.5) is 0 Å². The molecule has 0 bridgehead atoms. The van der Waals surface area contributed by atoms with Crippen molar-refractivity contribution in [3.05, 3.63) is 58.7 Å². The topological polar surface area (TPSA) is 57.5 Å². The van der Waals surface area contributed by atoms with E-state index in [2.05, 4.69) is 27.4 Å². The molecule has 3 heteroatoms. The van der Waals surface area contributed by atoms with Gasteiger partial charge in [-0.25, -0.2) is 4.79 Å². The van der Waals surface area contributed by atoms with E-state index in [0.29, 0.717) is 5.56 Å². The zero-order valence-electron chi connectivity index (χ0n) is 14.9. The van der Waals surface area contributed by atoms with Crippen LogP contribution in [-0.2, 0) is 0 Å². The van der Waals surface area contributed by atoms with Crippen LogP contribution in [-0.4, -0.2) is 16.2 Å². The highest BCUT2D eigenvalue weighted by Crippen LogP contribution is 2.49. The maximum absolute atomic E-state index is 11.1. The number of carboxylic acids is 1. The van der Waals surface area contributed by atoms with Crippen LogP contribution in [0.3, 0.4) is 0 Å². The smallest absolute Gasteiger partial charge is 0.335 e. The molecule has 2 N–H and O–H groups in total. The van der Waals surface area contributed by atoms with Gasteiger partial charge < -0.3 is 10.2 Å². The molecule has 0 saturated carbocycles. The quantitative estimate of drug-likeness (QED) is 0.710. The van der Waals surface area contributed by atoms with Crippen molar-refractivity contribution in [1.29, 1.82) is 0 Å². The van der Waals surface area contributed by atoms with Crippen LogP contribution in [0.1, 0.15) is 62.9 Å². The maximum Gasteiger partial charge on any atom is 0.335 e. The predicted molar refractivity (Wildman–Crippen MR) is 98.2 cm³/mol. The van der Waals surface area contributed by atoms with Crippen LogP contribution in [0.25, 0.3) is 5.57 Å². The van der Waals surface area contributed by atoms with E-state index in [4.69, 9.17) is 5.11 Å². The van der Waals surface area contributed by atoms with Crippen molar-refractivity contribution in [2.45, 2.75) is 47.0 Å². The SMILES string of the molecule is C=C/C(C)=C(\C1=C(C)CCCC1(C)C)c1ccc(C(=O)O)cc1O. The summed E-state index contributed by atoms with van der Waals surface area (Å²) < 4.78 is 0. The molecule has 24 heavy (non-hydrogen) atoms. The van der Waals surface area contributed by atoms with Crippen LogP contribution in [0, 0.1) is 5.41 Å². The summed E-state index contributed by atoms with van der Waals surface area (Å²) in [5.41, 5.74) is 5.27. The number of carboxylic acid groups (broad SMARTS) is 1. The van der Waals surface area contributed by atoms with E-state index in [9.17, 15) is 9.90 Å².